The smallest absolute Gasteiger partial charge is 0.306 e. The van der Waals surface area contributed by atoms with E-state index in [4.69, 9.17) is 10.7 Å². The van der Waals surface area contributed by atoms with Gasteiger partial charge in [0, 0.05) is 22.5 Å². The first-order valence-electron chi connectivity index (χ1n) is 10.2. The van der Waals surface area contributed by atoms with Crippen molar-refractivity contribution in [1.82, 2.24) is 14.8 Å². The first-order chi connectivity index (χ1) is 14.9. The van der Waals surface area contributed by atoms with Crippen LogP contribution < -0.4 is 5.73 Å². The van der Waals surface area contributed by atoms with Gasteiger partial charge in [0.15, 0.2) is 5.82 Å². The number of hydrogen-bond acceptors (Lipinski definition) is 6. The van der Waals surface area contributed by atoms with Crippen LogP contribution in [0.5, 0.6) is 0 Å². The molecule has 0 fully saturated rings. The highest BCUT2D eigenvalue weighted by Crippen LogP contribution is 2.39. The average molecular weight is 436 g/mol. The molecular weight excluding hydrogens is 410 g/mol. The molecule has 7 nitrogen and oxygen atoms in total. The lowest BCUT2D eigenvalue weighted by Crippen LogP contribution is -2.10. The third-order valence-corrected chi connectivity index (χ3v) is 6.68. The van der Waals surface area contributed by atoms with E-state index in [1.165, 1.54) is 10.4 Å². The number of thiophene rings is 1. The zero-order chi connectivity index (χ0) is 22.1. The van der Waals surface area contributed by atoms with Crippen LogP contribution in [-0.4, -0.2) is 38.1 Å². The number of fused-ring (bicyclic) bond motifs is 3. The van der Waals surface area contributed by atoms with E-state index in [9.17, 15) is 9.90 Å². The Morgan fingerprint density at radius 2 is 1.94 bits per heavy atom. The molecule has 2 aromatic heterocycles. The Balaban J connectivity index is 1.87. The van der Waals surface area contributed by atoms with E-state index in [0.29, 0.717) is 12.4 Å². The molecule has 1 aliphatic rings. The van der Waals surface area contributed by atoms with Crippen LogP contribution in [-0.2, 0) is 11.2 Å². The SMILES string of the molecule is Cc1sc2c(c1C)C(c1ccc(C/C=C/CN)cc1)=NC(CC(=O)O)c1nnc(C)n1-2. The molecule has 0 radical (unpaired) electrons. The fourth-order valence-corrected chi connectivity index (χ4v) is 5.02. The van der Waals surface area contributed by atoms with Gasteiger partial charge in [-0.3, -0.25) is 14.4 Å². The predicted molar refractivity (Wildman–Crippen MR) is 122 cm³/mol. The molecule has 31 heavy (non-hydrogen) atoms. The zero-order valence-corrected chi connectivity index (χ0v) is 18.6. The van der Waals surface area contributed by atoms with Gasteiger partial charge < -0.3 is 10.8 Å². The summed E-state index contributed by atoms with van der Waals surface area (Å²) in [7, 11) is 0. The topological polar surface area (TPSA) is 106 Å². The lowest BCUT2D eigenvalue weighted by atomic mass is 9.98. The van der Waals surface area contributed by atoms with Gasteiger partial charge in [-0.2, -0.15) is 0 Å². The number of nitrogens with two attached hydrogens (primary N) is 1. The maximum atomic E-state index is 11.6. The van der Waals surface area contributed by atoms with Gasteiger partial charge in [-0.25, -0.2) is 0 Å². The normalized spacial score (nSPS) is 15.5. The van der Waals surface area contributed by atoms with Gasteiger partial charge in [0.25, 0.3) is 0 Å². The minimum Gasteiger partial charge on any atom is -0.481 e. The highest BCUT2D eigenvalue weighted by atomic mass is 32.1. The minimum atomic E-state index is -0.916. The highest BCUT2D eigenvalue weighted by molar-refractivity contribution is 7.15. The Morgan fingerprint density at radius 3 is 2.61 bits per heavy atom. The summed E-state index contributed by atoms with van der Waals surface area (Å²) in [5.41, 5.74) is 10.6. The van der Waals surface area contributed by atoms with Gasteiger partial charge in [0.2, 0.25) is 0 Å². The van der Waals surface area contributed by atoms with E-state index in [1.807, 2.05) is 17.6 Å². The molecule has 3 heterocycles. The van der Waals surface area contributed by atoms with E-state index in [2.05, 4.69) is 54.4 Å². The molecule has 8 heteroatoms. The van der Waals surface area contributed by atoms with Crippen LogP contribution in [0.25, 0.3) is 5.00 Å². The summed E-state index contributed by atoms with van der Waals surface area (Å²) in [5, 5.41) is 19.0. The Labute approximate surface area is 185 Å². The number of aryl methyl sites for hydroxylation is 2. The maximum absolute atomic E-state index is 11.6. The van der Waals surface area contributed by atoms with Crippen molar-refractivity contribution < 1.29 is 9.90 Å². The number of carboxylic acid groups (broad SMARTS) is 1. The van der Waals surface area contributed by atoms with Crippen LogP contribution in [0.4, 0.5) is 0 Å². The molecule has 0 bridgehead atoms. The fraction of sp³-hybridized carbons (Fsp3) is 0.304. The van der Waals surface area contributed by atoms with Crippen molar-refractivity contribution >= 4 is 23.0 Å². The summed E-state index contributed by atoms with van der Waals surface area (Å²) in [5.74, 6) is 0.382. The van der Waals surface area contributed by atoms with E-state index in [0.717, 1.165) is 39.6 Å². The van der Waals surface area contributed by atoms with Crippen molar-refractivity contribution in [3.05, 3.63) is 75.2 Å². The second-order valence-electron chi connectivity index (χ2n) is 7.60. The first-order valence-corrected chi connectivity index (χ1v) is 11.0. The highest BCUT2D eigenvalue weighted by Gasteiger charge is 2.32. The molecule has 0 saturated heterocycles. The molecule has 1 unspecified atom stereocenters. The fourth-order valence-electron chi connectivity index (χ4n) is 3.80. The molecule has 3 N–H and O–H groups in total. The lowest BCUT2D eigenvalue weighted by Gasteiger charge is -2.11. The van der Waals surface area contributed by atoms with E-state index >= 15 is 0 Å². The van der Waals surface area contributed by atoms with Crippen molar-refractivity contribution in [3.8, 4) is 5.00 Å². The second kappa shape index (κ2) is 8.56. The Kier molecular flexibility index (Phi) is 5.84. The van der Waals surface area contributed by atoms with Crippen molar-refractivity contribution in [2.45, 2.75) is 39.7 Å². The van der Waals surface area contributed by atoms with Gasteiger partial charge in [-0.1, -0.05) is 36.4 Å². The van der Waals surface area contributed by atoms with Crippen LogP contribution in [0.15, 0.2) is 41.4 Å². The van der Waals surface area contributed by atoms with Crippen LogP contribution in [0, 0.1) is 20.8 Å². The molecule has 1 atom stereocenters. The number of aliphatic imine (C=N–C) groups is 1. The number of carbonyl (C=O) groups is 1. The van der Waals surface area contributed by atoms with Crippen LogP contribution >= 0.6 is 11.3 Å². The van der Waals surface area contributed by atoms with Crippen molar-refractivity contribution in [3.63, 3.8) is 0 Å². The number of rotatable bonds is 6. The van der Waals surface area contributed by atoms with Crippen molar-refractivity contribution in [2.24, 2.45) is 10.7 Å². The van der Waals surface area contributed by atoms with E-state index < -0.39 is 12.0 Å². The van der Waals surface area contributed by atoms with Crippen molar-refractivity contribution in [2.75, 3.05) is 6.54 Å². The lowest BCUT2D eigenvalue weighted by molar-refractivity contribution is -0.137. The molecule has 0 amide bonds. The zero-order valence-electron chi connectivity index (χ0n) is 17.8. The third kappa shape index (κ3) is 3.96. The van der Waals surface area contributed by atoms with Crippen LogP contribution in [0.3, 0.4) is 0 Å². The number of benzene rings is 1. The number of carboxylic acids is 1. The minimum absolute atomic E-state index is 0.142. The van der Waals surface area contributed by atoms with Gasteiger partial charge in [-0.05, 0) is 38.3 Å². The summed E-state index contributed by atoms with van der Waals surface area (Å²) in [6.07, 6.45) is 4.67. The molecule has 4 rings (SSSR count). The number of allylic oxidation sites excluding steroid dienone is 1. The van der Waals surface area contributed by atoms with Crippen LogP contribution in [0.1, 0.15) is 51.2 Å². The average Bonchev–Trinajstić information content (AvgIpc) is 3.21. The van der Waals surface area contributed by atoms with Crippen LogP contribution in [0.2, 0.25) is 0 Å². The molecule has 0 aliphatic carbocycles. The number of aliphatic carboxylic acids is 1. The Bertz CT molecular complexity index is 1190. The summed E-state index contributed by atoms with van der Waals surface area (Å²) in [6, 6.07) is 7.65. The molecular formula is C23H25N5O2S. The molecule has 1 aromatic carbocycles. The number of aromatic nitrogens is 3. The Morgan fingerprint density at radius 1 is 1.19 bits per heavy atom. The van der Waals surface area contributed by atoms with Gasteiger partial charge in [0.1, 0.15) is 16.9 Å². The summed E-state index contributed by atoms with van der Waals surface area (Å²) in [6.45, 7) is 6.59. The van der Waals surface area contributed by atoms with Gasteiger partial charge >= 0.3 is 5.97 Å². The molecule has 3 aromatic rings. The molecule has 0 spiro atoms. The van der Waals surface area contributed by atoms with Crippen molar-refractivity contribution in [1.29, 1.82) is 0 Å². The second-order valence-corrected chi connectivity index (χ2v) is 8.81. The van der Waals surface area contributed by atoms with E-state index in [1.54, 1.807) is 11.3 Å². The van der Waals surface area contributed by atoms with Gasteiger partial charge in [0.05, 0.1) is 12.1 Å². The third-order valence-electron chi connectivity index (χ3n) is 5.49. The maximum Gasteiger partial charge on any atom is 0.306 e. The Hall–Kier alpha value is -3.10. The largest absolute Gasteiger partial charge is 0.481 e. The quantitative estimate of drug-likeness (QED) is 0.575. The number of hydrogen-bond donors (Lipinski definition) is 2. The first kappa shape index (κ1) is 21.1. The molecule has 160 valence electrons. The summed E-state index contributed by atoms with van der Waals surface area (Å²) >= 11 is 1.66. The number of nitrogens with zero attached hydrogens (tertiary/aromatic N) is 4. The summed E-state index contributed by atoms with van der Waals surface area (Å²) in [4.78, 5) is 17.7. The molecule has 1 aliphatic heterocycles. The predicted octanol–water partition coefficient (Wildman–Crippen LogP) is 3.68. The standard InChI is InChI=1S/C23H25N5O2S/c1-13-14(2)31-23-20(13)21(17-9-7-16(8-10-17)6-4-5-11-24)25-18(12-19(29)30)22-27-26-15(3)28(22)23/h4-5,7-10,18H,6,11-12,24H2,1-3H3,(H,29,30)/b5-4+. The summed E-state index contributed by atoms with van der Waals surface area (Å²) < 4.78 is 1.97. The van der Waals surface area contributed by atoms with Gasteiger partial charge in [-0.15, -0.1) is 21.5 Å². The molecule has 0 saturated carbocycles. The monoisotopic (exact) mass is 435 g/mol. The van der Waals surface area contributed by atoms with E-state index in [-0.39, 0.29) is 6.42 Å².